The van der Waals surface area contributed by atoms with E-state index in [9.17, 15) is 4.39 Å². The summed E-state index contributed by atoms with van der Waals surface area (Å²) < 4.78 is 18.6. The number of hydrogen-bond donors (Lipinski definition) is 1. The van der Waals surface area contributed by atoms with E-state index in [-0.39, 0.29) is 17.8 Å². The molecular formula is C13H20FNO. The van der Waals surface area contributed by atoms with Gasteiger partial charge in [-0.15, -0.1) is 0 Å². The highest BCUT2D eigenvalue weighted by Crippen LogP contribution is 2.16. The first-order valence-electron chi connectivity index (χ1n) is 5.63. The molecule has 0 heterocycles. The SMILES string of the molecule is COC(C)CC(CN)Cc1ccccc1F. The van der Waals surface area contributed by atoms with Crippen LogP contribution < -0.4 is 5.73 Å². The Labute approximate surface area is 96.6 Å². The molecule has 2 N–H and O–H groups in total. The summed E-state index contributed by atoms with van der Waals surface area (Å²) in [6.45, 7) is 2.56. The summed E-state index contributed by atoms with van der Waals surface area (Å²) in [5, 5.41) is 0. The molecule has 90 valence electrons. The topological polar surface area (TPSA) is 35.2 Å². The Kier molecular flexibility index (Phi) is 5.43. The van der Waals surface area contributed by atoms with Crippen LogP contribution >= 0.6 is 0 Å². The van der Waals surface area contributed by atoms with E-state index in [0.717, 1.165) is 12.0 Å². The van der Waals surface area contributed by atoms with Gasteiger partial charge in [0.2, 0.25) is 0 Å². The lowest BCUT2D eigenvalue weighted by Crippen LogP contribution is -2.22. The van der Waals surface area contributed by atoms with Crippen molar-refractivity contribution in [2.75, 3.05) is 13.7 Å². The minimum Gasteiger partial charge on any atom is -0.382 e. The maximum atomic E-state index is 13.4. The van der Waals surface area contributed by atoms with E-state index in [1.807, 2.05) is 19.1 Å². The van der Waals surface area contributed by atoms with Crippen LogP contribution in [0.25, 0.3) is 0 Å². The van der Waals surface area contributed by atoms with Crippen LogP contribution in [0.2, 0.25) is 0 Å². The molecule has 2 nitrogen and oxygen atoms in total. The standard InChI is InChI=1S/C13H20FNO/c1-10(16-2)7-11(9-15)8-12-5-3-4-6-13(12)14/h3-6,10-11H,7-9,15H2,1-2H3. The van der Waals surface area contributed by atoms with Gasteiger partial charge in [-0.25, -0.2) is 4.39 Å². The number of benzene rings is 1. The Morgan fingerprint density at radius 1 is 1.38 bits per heavy atom. The maximum absolute atomic E-state index is 13.4. The van der Waals surface area contributed by atoms with E-state index >= 15 is 0 Å². The van der Waals surface area contributed by atoms with E-state index < -0.39 is 0 Å². The van der Waals surface area contributed by atoms with Crippen molar-refractivity contribution in [3.63, 3.8) is 0 Å². The van der Waals surface area contributed by atoms with Crippen molar-refractivity contribution in [2.24, 2.45) is 11.7 Å². The summed E-state index contributed by atoms with van der Waals surface area (Å²) in [6.07, 6.45) is 1.71. The lowest BCUT2D eigenvalue weighted by Gasteiger charge is -2.18. The lowest BCUT2D eigenvalue weighted by atomic mass is 9.94. The molecule has 2 atom stereocenters. The summed E-state index contributed by atoms with van der Waals surface area (Å²) in [7, 11) is 1.68. The first-order valence-corrected chi connectivity index (χ1v) is 5.63. The molecule has 0 fully saturated rings. The molecule has 0 aromatic heterocycles. The zero-order valence-electron chi connectivity index (χ0n) is 9.95. The minimum atomic E-state index is -0.147. The van der Waals surface area contributed by atoms with Gasteiger partial charge in [0.25, 0.3) is 0 Å². The van der Waals surface area contributed by atoms with E-state index in [0.29, 0.717) is 13.0 Å². The van der Waals surface area contributed by atoms with Crippen LogP contribution in [0.3, 0.4) is 0 Å². The van der Waals surface area contributed by atoms with Crippen molar-refractivity contribution in [3.8, 4) is 0 Å². The molecule has 0 saturated carbocycles. The largest absolute Gasteiger partial charge is 0.382 e. The smallest absolute Gasteiger partial charge is 0.126 e. The van der Waals surface area contributed by atoms with Crippen LogP contribution in [0.1, 0.15) is 18.9 Å². The molecule has 16 heavy (non-hydrogen) atoms. The number of ether oxygens (including phenoxy) is 1. The van der Waals surface area contributed by atoms with Gasteiger partial charge in [0, 0.05) is 7.11 Å². The van der Waals surface area contributed by atoms with E-state index in [1.54, 1.807) is 13.2 Å². The molecule has 0 aliphatic heterocycles. The normalized spacial score (nSPS) is 14.8. The van der Waals surface area contributed by atoms with Crippen LogP contribution in [-0.2, 0) is 11.2 Å². The quantitative estimate of drug-likeness (QED) is 0.806. The van der Waals surface area contributed by atoms with Gasteiger partial charge in [-0.3, -0.25) is 0 Å². The van der Waals surface area contributed by atoms with Crippen LogP contribution in [0.4, 0.5) is 4.39 Å². The Morgan fingerprint density at radius 2 is 2.06 bits per heavy atom. The second kappa shape index (κ2) is 6.61. The Balaban J connectivity index is 2.60. The fraction of sp³-hybridized carbons (Fsp3) is 0.538. The molecule has 0 bridgehead atoms. The number of hydrogen-bond acceptors (Lipinski definition) is 2. The van der Waals surface area contributed by atoms with E-state index in [2.05, 4.69) is 0 Å². The average molecular weight is 225 g/mol. The fourth-order valence-corrected chi connectivity index (χ4v) is 1.80. The third kappa shape index (κ3) is 3.91. The van der Waals surface area contributed by atoms with Gasteiger partial charge in [0.1, 0.15) is 5.82 Å². The van der Waals surface area contributed by atoms with Crippen molar-refractivity contribution in [3.05, 3.63) is 35.6 Å². The van der Waals surface area contributed by atoms with Gasteiger partial charge < -0.3 is 10.5 Å². The molecule has 1 rings (SSSR count). The number of methoxy groups -OCH3 is 1. The third-order valence-corrected chi connectivity index (χ3v) is 2.87. The first kappa shape index (κ1) is 13.1. The number of nitrogens with two attached hydrogens (primary N) is 1. The molecule has 2 unspecified atom stereocenters. The van der Waals surface area contributed by atoms with Gasteiger partial charge in [-0.1, -0.05) is 18.2 Å². The number of rotatable bonds is 6. The molecule has 0 saturated heterocycles. The molecule has 1 aromatic rings. The Morgan fingerprint density at radius 3 is 2.62 bits per heavy atom. The van der Waals surface area contributed by atoms with Crippen molar-refractivity contribution < 1.29 is 9.13 Å². The van der Waals surface area contributed by atoms with Gasteiger partial charge in [-0.05, 0) is 43.9 Å². The zero-order valence-corrected chi connectivity index (χ0v) is 9.95. The highest BCUT2D eigenvalue weighted by atomic mass is 19.1. The molecule has 0 amide bonds. The predicted octanol–water partition coefficient (Wildman–Crippen LogP) is 2.37. The Hall–Kier alpha value is -0.930. The molecule has 3 heteroatoms. The lowest BCUT2D eigenvalue weighted by molar-refractivity contribution is 0.0958. The maximum Gasteiger partial charge on any atom is 0.126 e. The van der Waals surface area contributed by atoms with Crippen molar-refractivity contribution >= 4 is 0 Å². The van der Waals surface area contributed by atoms with Crippen LogP contribution in [0, 0.1) is 11.7 Å². The molecule has 0 radical (unpaired) electrons. The summed E-state index contributed by atoms with van der Waals surface area (Å²) in [5.74, 6) is 0.123. The highest BCUT2D eigenvalue weighted by Gasteiger charge is 2.13. The second-order valence-electron chi connectivity index (χ2n) is 4.18. The van der Waals surface area contributed by atoms with E-state index in [4.69, 9.17) is 10.5 Å². The summed E-state index contributed by atoms with van der Waals surface area (Å²) in [5.41, 5.74) is 6.43. The molecule has 0 aliphatic rings. The van der Waals surface area contributed by atoms with Gasteiger partial charge in [-0.2, -0.15) is 0 Å². The fourth-order valence-electron chi connectivity index (χ4n) is 1.80. The average Bonchev–Trinajstić information content (AvgIpc) is 2.30. The van der Waals surface area contributed by atoms with E-state index in [1.165, 1.54) is 6.07 Å². The van der Waals surface area contributed by atoms with Crippen LogP contribution in [0.5, 0.6) is 0 Å². The van der Waals surface area contributed by atoms with Crippen molar-refractivity contribution in [2.45, 2.75) is 25.9 Å². The van der Waals surface area contributed by atoms with Crippen LogP contribution in [-0.4, -0.2) is 19.8 Å². The number of halogens is 1. The van der Waals surface area contributed by atoms with Gasteiger partial charge >= 0.3 is 0 Å². The molecule has 0 aliphatic carbocycles. The van der Waals surface area contributed by atoms with Gasteiger partial charge in [0.05, 0.1) is 6.10 Å². The van der Waals surface area contributed by atoms with Crippen molar-refractivity contribution in [1.29, 1.82) is 0 Å². The molecular weight excluding hydrogens is 205 g/mol. The monoisotopic (exact) mass is 225 g/mol. The molecule has 1 aromatic carbocycles. The second-order valence-corrected chi connectivity index (χ2v) is 4.18. The van der Waals surface area contributed by atoms with Crippen LogP contribution in [0.15, 0.2) is 24.3 Å². The minimum absolute atomic E-state index is 0.147. The Bertz CT molecular complexity index is 317. The summed E-state index contributed by atoms with van der Waals surface area (Å²) in [4.78, 5) is 0. The van der Waals surface area contributed by atoms with Crippen molar-refractivity contribution in [1.82, 2.24) is 0 Å². The molecule has 0 spiro atoms. The summed E-state index contributed by atoms with van der Waals surface area (Å²) >= 11 is 0. The zero-order chi connectivity index (χ0) is 12.0. The summed E-state index contributed by atoms with van der Waals surface area (Å²) in [6, 6.07) is 6.86. The first-order chi connectivity index (χ1) is 7.67. The van der Waals surface area contributed by atoms with Gasteiger partial charge in [0.15, 0.2) is 0 Å². The highest BCUT2D eigenvalue weighted by molar-refractivity contribution is 5.17. The predicted molar refractivity (Wildman–Crippen MR) is 63.7 cm³/mol. The third-order valence-electron chi connectivity index (χ3n) is 2.87.